The molecule has 0 spiro atoms. The quantitative estimate of drug-likeness (QED) is 0.295. The Morgan fingerprint density at radius 1 is 1.47 bits per heavy atom. The third kappa shape index (κ3) is 2.70. The van der Waals surface area contributed by atoms with Crippen LogP contribution >= 0.6 is 0 Å². The van der Waals surface area contributed by atoms with Crippen LogP contribution in [-0.2, 0) is 9.53 Å². The van der Waals surface area contributed by atoms with Gasteiger partial charge in [-0.05, 0) is 31.9 Å². The molecule has 1 aliphatic heterocycles. The van der Waals surface area contributed by atoms with Crippen LogP contribution in [0.3, 0.4) is 0 Å². The van der Waals surface area contributed by atoms with Gasteiger partial charge in [-0.3, -0.25) is 4.79 Å². The lowest BCUT2D eigenvalue weighted by molar-refractivity contribution is -0.138. The predicted octanol–water partition coefficient (Wildman–Crippen LogP) is 1.74. The second-order valence-corrected chi connectivity index (χ2v) is 4.48. The Balaban J connectivity index is 2.40. The lowest BCUT2D eigenvalue weighted by Gasteiger charge is -2.16. The molecule has 5 nitrogen and oxygen atoms in total. The number of aromatic nitrogens is 1. The van der Waals surface area contributed by atoms with Crippen LogP contribution in [0.2, 0.25) is 0 Å². The molecule has 0 atom stereocenters. The molecule has 5 heteroatoms. The van der Waals surface area contributed by atoms with Crippen molar-refractivity contribution in [1.82, 2.24) is 9.88 Å². The fourth-order valence-corrected chi connectivity index (χ4v) is 2.28. The number of ether oxygens (including phenoxy) is 1. The first kappa shape index (κ1) is 13.4. The van der Waals surface area contributed by atoms with Gasteiger partial charge in [-0.15, -0.1) is 0 Å². The van der Waals surface area contributed by atoms with Crippen molar-refractivity contribution in [3.8, 4) is 0 Å². The largest absolute Gasteiger partial charge is 0.462 e. The van der Waals surface area contributed by atoms with Crippen molar-refractivity contribution in [3.63, 3.8) is 0 Å². The first-order chi connectivity index (χ1) is 9.15. The number of H-pyrrole nitrogens is 1. The SMILES string of the molecule is CCOC(=O)/C(C(=O)c1ccc[nH]1)=C1/CCCN1C. The molecule has 1 aromatic heterocycles. The van der Waals surface area contributed by atoms with E-state index in [1.807, 2.05) is 11.9 Å². The van der Waals surface area contributed by atoms with Gasteiger partial charge >= 0.3 is 5.97 Å². The number of rotatable bonds is 4. The Morgan fingerprint density at radius 3 is 2.79 bits per heavy atom. The third-order valence-corrected chi connectivity index (χ3v) is 3.21. The highest BCUT2D eigenvalue weighted by Crippen LogP contribution is 2.25. The van der Waals surface area contributed by atoms with E-state index in [4.69, 9.17) is 4.74 Å². The molecule has 0 amide bonds. The molecule has 0 radical (unpaired) electrons. The summed E-state index contributed by atoms with van der Waals surface area (Å²) in [5.41, 5.74) is 1.35. The highest BCUT2D eigenvalue weighted by atomic mass is 16.5. The van der Waals surface area contributed by atoms with E-state index < -0.39 is 5.97 Å². The first-order valence-electron chi connectivity index (χ1n) is 6.44. The number of likely N-dealkylation sites (tertiary alicyclic amines) is 1. The second-order valence-electron chi connectivity index (χ2n) is 4.48. The van der Waals surface area contributed by atoms with Crippen LogP contribution in [0.15, 0.2) is 29.6 Å². The summed E-state index contributed by atoms with van der Waals surface area (Å²) in [6.45, 7) is 2.85. The number of ketones is 1. The minimum absolute atomic E-state index is 0.157. The monoisotopic (exact) mass is 262 g/mol. The van der Waals surface area contributed by atoms with Crippen LogP contribution in [0, 0.1) is 0 Å². The number of hydrogen-bond donors (Lipinski definition) is 1. The van der Waals surface area contributed by atoms with E-state index in [0.717, 1.165) is 25.1 Å². The van der Waals surface area contributed by atoms with Crippen LogP contribution in [0.1, 0.15) is 30.3 Å². The van der Waals surface area contributed by atoms with Gasteiger partial charge < -0.3 is 14.6 Å². The summed E-state index contributed by atoms with van der Waals surface area (Å²) in [4.78, 5) is 29.3. The molecule has 1 N–H and O–H groups in total. The highest BCUT2D eigenvalue weighted by molar-refractivity contribution is 6.24. The van der Waals surface area contributed by atoms with Crippen molar-refractivity contribution < 1.29 is 14.3 Å². The van der Waals surface area contributed by atoms with Crippen molar-refractivity contribution in [2.75, 3.05) is 20.2 Å². The summed E-state index contributed by atoms with van der Waals surface area (Å²) in [6.07, 6.45) is 3.35. The standard InChI is InChI=1S/C14H18N2O3/c1-3-19-14(18)12(11-7-5-9-16(11)2)13(17)10-6-4-8-15-10/h4,6,8,15H,3,5,7,9H2,1-2H3/b12-11-. The minimum Gasteiger partial charge on any atom is -0.462 e. The molecule has 1 saturated heterocycles. The maximum absolute atomic E-state index is 12.4. The Kier molecular flexibility index (Phi) is 4.04. The van der Waals surface area contributed by atoms with Gasteiger partial charge in [-0.25, -0.2) is 4.79 Å². The number of allylic oxidation sites excluding steroid dienone is 1. The summed E-state index contributed by atoms with van der Waals surface area (Å²) < 4.78 is 5.03. The number of carbonyl (C=O) groups is 2. The Bertz CT molecular complexity index is 503. The van der Waals surface area contributed by atoms with Gasteiger partial charge in [0.05, 0.1) is 12.3 Å². The fraction of sp³-hybridized carbons (Fsp3) is 0.429. The van der Waals surface area contributed by atoms with Crippen LogP contribution in [0.5, 0.6) is 0 Å². The summed E-state index contributed by atoms with van der Waals surface area (Å²) in [5.74, 6) is -0.835. The molecule has 0 bridgehead atoms. The molecule has 2 heterocycles. The van der Waals surface area contributed by atoms with Crippen LogP contribution in [0.25, 0.3) is 0 Å². The summed E-state index contributed by atoms with van der Waals surface area (Å²) in [7, 11) is 1.89. The zero-order chi connectivity index (χ0) is 13.8. The topological polar surface area (TPSA) is 62.4 Å². The first-order valence-corrected chi connectivity index (χ1v) is 6.44. The van der Waals surface area contributed by atoms with Gasteiger partial charge in [0.25, 0.3) is 0 Å². The molecule has 0 unspecified atom stereocenters. The summed E-state index contributed by atoms with van der Waals surface area (Å²) >= 11 is 0. The molecule has 0 aromatic carbocycles. The van der Waals surface area contributed by atoms with Gasteiger partial charge in [-0.1, -0.05) is 0 Å². The van der Waals surface area contributed by atoms with Crippen molar-refractivity contribution >= 4 is 11.8 Å². The smallest absolute Gasteiger partial charge is 0.343 e. The number of carbonyl (C=O) groups excluding carboxylic acids is 2. The maximum atomic E-state index is 12.4. The van der Waals surface area contributed by atoms with Crippen molar-refractivity contribution in [2.24, 2.45) is 0 Å². The van der Waals surface area contributed by atoms with Gasteiger partial charge in [0.2, 0.25) is 5.78 Å². The van der Waals surface area contributed by atoms with Gasteiger partial charge in [0.1, 0.15) is 5.57 Å². The van der Waals surface area contributed by atoms with E-state index in [1.54, 1.807) is 25.3 Å². The molecular formula is C14H18N2O3. The number of esters is 1. The van der Waals surface area contributed by atoms with E-state index in [1.165, 1.54) is 0 Å². The van der Waals surface area contributed by atoms with Crippen molar-refractivity contribution in [3.05, 3.63) is 35.3 Å². The number of nitrogens with one attached hydrogen (secondary N) is 1. The Morgan fingerprint density at radius 2 is 2.26 bits per heavy atom. The summed E-state index contributed by atoms with van der Waals surface area (Å²) in [6, 6.07) is 3.40. The zero-order valence-electron chi connectivity index (χ0n) is 11.2. The second kappa shape index (κ2) is 5.73. The third-order valence-electron chi connectivity index (χ3n) is 3.21. The van der Waals surface area contributed by atoms with Crippen LogP contribution in [0.4, 0.5) is 0 Å². The normalized spacial score (nSPS) is 17.5. The van der Waals surface area contributed by atoms with E-state index in [-0.39, 0.29) is 18.0 Å². The van der Waals surface area contributed by atoms with E-state index in [0.29, 0.717) is 5.69 Å². The maximum Gasteiger partial charge on any atom is 0.343 e. The average molecular weight is 262 g/mol. The number of nitrogens with zero attached hydrogens (tertiary/aromatic N) is 1. The summed E-state index contributed by atoms with van der Waals surface area (Å²) in [5, 5.41) is 0. The van der Waals surface area contributed by atoms with Gasteiger partial charge in [0.15, 0.2) is 0 Å². The van der Waals surface area contributed by atoms with Crippen molar-refractivity contribution in [1.29, 1.82) is 0 Å². The van der Waals surface area contributed by atoms with E-state index in [9.17, 15) is 9.59 Å². The highest BCUT2D eigenvalue weighted by Gasteiger charge is 2.29. The molecule has 1 fully saturated rings. The molecule has 0 saturated carbocycles. The minimum atomic E-state index is -0.536. The molecular weight excluding hydrogens is 244 g/mol. The molecule has 1 aliphatic rings. The molecule has 2 rings (SSSR count). The number of Topliss-reactive ketones (excluding diaryl/α,β-unsaturated/α-hetero) is 1. The lowest BCUT2D eigenvalue weighted by atomic mass is 10.0. The fourth-order valence-electron chi connectivity index (χ4n) is 2.28. The zero-order valence-corrected chi connectivity index (χ0v) is 11.2. The van der Waals surface area contributed by atoms with Crippen LogP contribution in [-0.4, -0.2) is 41.8 Å². The van der Waals surface area contributed by atoms with Gasteiger partial charge in [-0.2, -0.15) is 0 Å². The number of hydrogen-bond acceptors (Lipinski definition) is 4. The molecule has 102 valence electrons. The van der Waals surface area contributed by atoms with Crippen LogP contribution < -0.4 is 0 Å². The molecule has 1 aromatic rings. The lowest BCUT2D eigenvalue weighted by Crippen LogP contribution is -2.23. The average Bonchev–Trinajstić information content (AvgIpc) is 3.02. The number of aromatic amines is 1. The Hall–Kier alpha value is -2.04. The predicted molar refractivity (Wildman–Crippen MR) is 70.6 cm³/mol. The van der Waals surface area contributed by atoms with Crippen molar-refractivity contribution in [2.45, 2.75) is 19.8 Å². The van der Waals surface area contributed by atoms with Gasteiger partial charge in [0, 0.05) is 25.5 Å². The van der Waals surface area contributed by atoms with E-state index in [2.05, 4.69) is 4.98 Å². The Labute approximate surface area is 112 Å². The molecule has 0 aliphatic carbocycles. The molecule has 19 heavy (non-hydrogen) atoms. The van der Waals surface area contributed by atoms with E-state index >= 15 is 0 Å².